The molecule has 0 bridgehead atoms. The van der Waals surface area contributed by atoms with E-state index in [0.717, 1.165) is 5.92 Å². The van der Waals surface area contributed by atoms with Gasteiger partial charge in [0.05, 0.1) is 8.07 Å². The maximum absolute atomic E-state index is 10.3. The fourth-order valence-corrected chi connectivity index (χ4v) is 4.19. The van der Waals surface area contributed by atoms with E-state index in [9.17, 15) is 5.11 Å². The van der Waals surface area contributed by atoms with Crippen LogP contribution in [0.4, 0.5) is 0 Å². The minimum Gasteiger partial charge on any atom is -0.396 e. The molecular weight excluding hydrogens is 176 g/mol. The highest BCUT2D eigenvalue weighted by Gasteiger charge is 2.50. The van der Waals surface area contributed by atoms with Crippen molar-refractivity contribution in [3.63, 3.8) is 0 Å². The van der Waals surface area contributed by atoms with Crippen molar-refractivity contribution in [1.29, 1.82) is 0 Å². The zero-order valence-corrected chi connectivity index (χ0v) is 10.9. The van der Waals surface area contributed by atoms with Crippen LogP contribution in [-0.4, -0.2) is 18.9 Å². The van der Waals surface area contributed by atoms with E-state index in [1.807, 2.05) is 0 Å². The molecule has 0 heterocycles. The highest BCUT2D eigenvalue weighted by molar-refractivity contribution is 6.81. The van der Waals surface area contributed by atoms with Crippen molar-refractivity contribution in [2.75, 3.05) is 0 Å². The van der Waals surface area contributed by atoms with Gasteiger partial charge in [0.15, 0.2) is 0 Å². The Hall–Kier alpha value is 0.177. The first-order valence-corrected chi connectivity index (χ1v) is 8.43. The Morgan fingerprint density at radius 2 is 1.69 bits per heavy atom. The predicted molar refractivity (Wildman–Crippen MR) is 60.5 cm³/mol. The lowest BCUT2D eigenvalue weighted by atomic mass is 10.2. The van der Waals surface area contributed by atoms with Crippen LogP contribution >= 0.6 is 0 Å². The van der Waals surface area contributed by atoms with E-state index in [2.05, 4.69) is 40.8 Å². The molecule has 1 rings (SSSR count). The van der Waals surface area contributed by atoms with Gasteiger partial charge in [-0.25, -0.2) is 0 Å². The van der Waals surface area contributed by atoms with Gasteiger partial charge < -0.3 is 5.11 Å². The Labute approximate surface area is 83.6 Å². The first-order valence-electron chi connectivity index (χ1n) is 5.36. The Kier molecular flexibility index (Phi) is 2.68. The van der Waals surface area contributed by atoms with Crippen LogP contribution in [0.3, 0.4) is 0 Å². The van der Waals surface area contributed by atoms with Crippen molar-refractivity contribution < 1.29 is 5.11 Å². The average molecular weight is 200 g/mol. The first kappa shape index (κ1) is 11.3. The molecule has 1 saturated carbocycles. The standard InChI is InChI=1S/C11H24OSi/c1-8-7-9(8)10(12)13(5,6)11(2,3)4/h8-10,12H,7H2,1-6H3/t8?,9?,10-/m1/s1. The average Bonchev–Trinajstić information content (AvgIpc) is 2.62. The molecule has 1 aliphatic rings. The van der Waals surface area contributed by atoms with E-state index >= 15 is 0 Å². The Morgan fingerprint density at radius 1 is 1.31 bits per heavy atom. The molecule has 1 nitrogen and oxygen atoms in total. The van der Waals surface area contributed by atoms with Crippen molar-refractivity contribution in [1.82, 2.24) is 0 Å². The summed E-state index contributed by atoms with van der Waals surface area (Å²) in [5.41, 5.74) is 0.00231. The molecule has 3 atom stereocenters. The van der Waals surface area contributed by atoms with E-state index in [1.54, 1.807) is 0 Å². The van der Waals surface area contributed by atoms with Crippen LogP contribution in [0.2, 0.25) is 18.1 Å². The van der Waals surface area contributed by atoms with Gasteiger partial charge in [0, 0.05) is 5.73 Å². The molecular formula is C11H24OSi. The molecule has 0 spiro atoms. The second-order valence-electron chi connectivity index (χ2n) is 6.29. The first-order chi connectivity index (χ1) is 5.68. The molecule has 1 N–H and O–H groups in total. The molecule has 78 valence electrons. The molecule has 1 aliphatic carbocycles. The zero-order valence-electron chi connectivity index (χ0n) is 9.89. The number of hydrogen-bond donors (Lipinski definition) is 1. The third kappa shape index (κ3) is 1.99. The highest BCUT2D eigenvalue weighted by Crippen LogP contribution is 2.48. The molecule has 0 aromatic heterocycles. The monoisotopic (exact) mass is 200 g/mol. The van der Waals surface area contributed by atoms with E-state index in [0.29, 0.717) is 11.0 Å². The predicted octanol–water partition coefficient (Wildman–Crippen LogP) is 3.05. The second-order valence-corrected chi connectivity index (χ2v) is 11.8. The quantitative estimate of drug-likeness (QED) is 0.679. The van der Waals surface area contributed by atoms with E-state index in [-0.39, 0.29) is 5.73 Å². The number of aliphatic hydroxyl groups is 1. The van der Waals surface area contributed by atoms with Crippen LogP contribution in [0.1, 0.15) is 34.1 Å². The van der Waals surface area contributed by atoms with Gasteiger partial charge in [0.2, 0.25) is 0 Å². The van der Waals surface area contributed by atoms with E-state index in [1.165, 1.54) is 6.42 Å². The highest BCUT2D eigenvalue weighted by atomic mass is 28.3. The lowest BCUT2D eigenvalue weighted by Gasteiger charge is -2.41. The molecule has 0 aromatic rings. The molecule has 2 unspecified atom stereocenters. The number of aliphatic hydroxyl groups excluding tert-OH is 1. The van der Waals surface area contributed by atoms with Gasteiger partial charge in [0.1, 0.15) is 0 Å². The van der Waals surface area contributed by atoms with E-state index < -0.39 is 8.07 Å². The van der Waals surface area contributed by atoms with Gasteiger partial charge in [-0.05, 0) is 23.3 Å². The Balaban J connectivity index is 2.69. The summed E-state index contributed by atoms with van der Waals surface area (Å²) in [5.74, 6) is 1.38. The third-order valence-corrected chi connectivity index (χ3v) is 10.0. The minimum atomic E-state index is -1.50. The SMILES string of the molecule is CC1CC1[C@H](O)[Si](C)(C)C(C)(C)C. The maximum Gasteiger partial charge on any atom is 0.0868 e. The van der Waals surface area contributed by atoms with Gasteiger partial charge in [-0.15, -0.1) is 0 Å². The van der Waals surface area contributed by atoms with Crippen LogP contribution in [0.25, 0.3) is 0 Å². The van der Waals surface area contributed by atoms with Gasteiger partial charge in [-0.1, -0.05) is 40.8 Å². The molecule has 0 saturated heterocycles. The molecule has 1 fully saturated rings. The van der Waals surface area contributed by atoms with Crippen LogP contribution in [0.5, 0.6) is 0 Å². The van der Waals surface area contributed by atoms with Crippen LogP contribution in [0, 0.1) is 11.8 Å². The molecule has 0 aromatic carbocycles. The summed E-state index contributed by atoms with van der Waals surface area (Å²) in [4.78, 5) is 0. The van der Waals surface area contributed by atoms with Gasteiger partial charge in [0.25, 0.3) is 0 Å². The molecule has 13 heavy (non-hydrogen) atoms. The summed E-state index contributed by atoms with van der Waals surface area (Å²) in [5, 5.41) is 10.6. The normalized spacial score (nSPS) is 31.6. The molecule has 2 heteroatoms. The topological polar surface area (TPSA) is 20.2 Å². The summed E-state index contributed by atoms with van der Waals surface area (Å²) in [7, 11) is -1.50. The van der Waals surface area contributed by atoms with Crippen LogP contribution in [0.15, 0.2) is 0 Å². The van der Waals surface area contributed by atoms with Crippen molar-refractivity contribution in [3.05, 3.63) is 0 Å². The Morgan fingerprint density at radius 3 is 1.92 bits per heavy atom. The third-order valence-electron chi connectivity index (χ3n) is 4.25. The lowest BCUT2D eigenvalue weighted by molar-refractivity contribution is 0.208. The summed E-state index contributed by atoms with van der Waals surface area (Å²) in [6.45, 7) is 13.7. The smallest absolute Gasteiger partial charge is 0.0868 e. The van der Waals surface area contributed by atoms with Gasteiger partial charge in [-0.3, -0.25) is 0 Å². The summed E-state index contributed by atoms with van der Waals surface area (Å²) < 4.78 is 0. The molecule has 0 radical (unpaired) electrons. The number of rotatable bonds is 2. The Bertz CT molecular complexity index is 193. The van der Waals surface area contributed by atoms with Gasteiger partial charge >= 0.3 is 0 Å². The van der Waals surface area contributed by atoms with Crippen molar-refractivity contribution in [3.8, 4) is 0 Å². The zero-order chi connectivity index (χ0) is 10.4. The van der Waals surface area contributed by atoms with Crippen molar-refractivity contribution in [2.24, 2.45) is 11.8 Å². The molecule has 0 aliphatic heterocycles. The summed E-state index contributed by atoms with van der Waals surface area (Å²) in [6, 6.07) is 0. The fraction of sp³-hybridized carbons (Fsp3) is 1.00. The van der Waals surface area contributed by atoms with Gasteiger partial charge in [-0.2, -0.15) is 0 Å². The van der Waals surface area contributed by atoms with Crippen molar-refractivity contribution >= 4 is 8.07 Å². The second kappa shape index (κ2) is 3.09. The molecule has 0 amide bonds. The number of hydrogen-bond acceptors (Lipinski definition) is 1. The maximum atomic E-state index is 10.3. The van der Waals surface area contributed by atoms with Crippen LogP contribution < -0.4 is 0 Å². The fourth-order valence-electron chi connectivity index (χ4n) is 1.77. The minimum absolute atomic E-state index is 0.00231. The van der Waals surface area contributed by atoms with Crippen molar-refractivity contribution in [2.45, 2.75) is 58.0 Å². The lowest BCUT2D eigenvalue weighted by Crippen LogP contribution is -2.50. The van der Waals surface area contributed by atoms with Crippen LogP contribution in [-0.2, 0) is 0 Å². The van der Waals surface area contributed by atoms with E-state index in [4.69, 9.17) is 0 Å². The largest absolute Gasteiger partial charge is 0.396 e. The summed E-state index contributed by atoms with van der Waals surface area (Å²) in [6.07, 6.45) is 1.24. The summed E-state index contributed by atoms with van der Waals surface area (Å²) >= 11 is 0.